The summed E-state index contributed by atoms with van der Waals surface area (Å²) in [5.41, 5.74) is 0. The van der Waals surface area contributed by atoms with Crippen LogP contribution in [-0.2, 0) is 19.1 Å². The van der Waals surface area contributed by atoms with Gasteiger partial charge in [-0.15, -0.1) is 0 Å². The van der Waals surface area contributed by atoms with Gasteiger partial charge in [0.15, 0.2) is 0 Å². The molecule has 6 nitrogen and oxygen atoms in total. The highest BCUT2D eigenvalue weighted by Crippen LogP contribution is 2.25. The largest absolute Gasteiger partial charge is 0.480 e. The van der Waals surface area contributed by atoms with Crippen molar-refractivity contribution in [2.45, 2.75) is 63.8 Å². The molecule has 1 rings (SSSR count). The van der Waals surface area contributed by atoms with E-state index in [0.717, 1.165) is 25.7 Å². The van der Waals surface area contributed by atoms with Gasteiger partial charge in [-0.25, -0.2) is 4.79 Å². The van der Waals surface area contributed by atoms with Crippen LogP contribution >= 0.6 is 0 Å². The van der Waals surface area contributed by atoms with E-state index in [1.165, 1.54) is 20.0 Å². The van der Waals surface area contributed by atoms with Crippen molar-refractivity contribution in [2.24, 2.45) is 5.92 Å². The van der Waals surface area contributed by atoms with Crippen molar-refractivity contribution in [3.8, 4) is 0 Å². The number of amides is 1. The van der Waals surface area contributed by atoms with E-state index in [2.05, 4.69) is 10.1 Å². The molecule has 0 aromatic rings. The minimum atomic E-state index is -1.12. The maximum atomic E-state index is 12.0. The van der Waals surface area contributed by atoms with E-state index in [4.69, 9.17) is 5.11 Å². The van der Waals surface area contributed by atoms with Gasteiger partial charge in [0, 0.05) is 12.8 Å². The van der Waals surface area contributed by atoms with Crippen LogP contribution in [0.1, 0.15) is 57.8 Å². The number of carboxylic acid groups (broad SMARTS) is 1. The molecule has 2 N–H and O–H groups in total. The quantitative estimate of drug-likeness (QED) is 0.553. The minimum absolute atomic E-state index is 0.0167. The predicted octanol–water partition coefficient (Wildman–Crippen LogP) is 1.87. The first-order chi connectivity index (χ1) is 10.0. The lowest BCUT2D eigenvalue weighted by Crippen LogP contribution is -2.41. The van der Waals surface area contributed by atoms with Crippen LogP contribution in [0.5, 0.6) is 0 Å². The molecule has 0 aromatic carbocycles. The van der Waals surface area contributed by atoms with Crippen molar-refractivity contribution < 1.29 is 24.2 Å². The number of carboxylic acids is 1. The zero-order valence-electron chi connectivity index (χ0n) is 12.6. The van der Waals surface area contributed by atoms with Gasteiger partial charge in [0.25, 0.3) is 0 Å². The van der Waals surface area contributed by atoms with Gasteiger partial charge in [0.2, 0.25) is 5.91 Å². The van der Waals surface area contributed by atoms with Crippen LogP contribution in [0, 0.1) is 5.92 Å². The molecule has 0 aromatic heterocycles. The van der Waals surface area contributed by atoms with Gasteiger partial charge in [-0.2, -0.15) is 0 Å². The summed E-state index contributed by atoms with van der Waals surface area (Å²) < 4.78 is 4.48. The number of esters is 1. The van der Waals surface area contributed by atoms with Crippen LogP contribution in [0.15, 0.2) is 0 Å². The predicted molar refractivity (Wildman–Crippen MR) is 76.6 cm³/mol. The van der Waals surface area contributed by atoms with Crippen LogP contribution < -0.4 is 5.32 Å². The van der Waals surface area contributed by atoms with Crippen LogP contribution in [0.25, 0.3) is 0 Å². The van der Waals surface area contributed by atoms with Gasteiger partial charge in [-0.3, -0.25) is 9.59 Å². The Balaban J connectivity index is 2.40. The Bertz CT molecular complexity index is 361. The van der Waals surface area contributed by atoms with Gasteiger partial charge in [-0.05, 0) is 25.2 Å². The second-order valence-electron chi connectivity index (χ2n) is 5.63. The summed E-state index contributed by atoms with van der Waals surface area (Å²) in [6, 6.07) is -1.03. The summed E-state index contributed by atoms with van der Waals surface area (Å²) in [4.78, 5) is 34.1. The fraction of sp³-hybridized carbons (Fsp3) is 0.800. The normalized spacial score (nSPS) is 17.6. The summed E-state index contributed by atoms with van der Waals surface area (Å²) in [5, 5.41) is 11.6. The number of ether oxygens (including phenoxy) is 1. The Hall–Kier alpha value is -1.59. The highest BCUT2D eigenvalue weighted by atomic mass is 16.5. The van der Waals surface area contributed by atoms with Gasteiger partial charge < -0.3 is 15.2 Å². The third-order valence-corrected chi connectivity index (χ3v) is 3.95. The standard InChI is InChI=1S/C15H25NO5/c1-21-14(18)9-8-12(15(19)20)16-13(17)10-11-6-4-2-3-5-7-11/h11-12H,2-10H2,1H3,(H,16,17)(H,19,20)/t12-/m0/s1. The van der Waals surface area contributed by atoms with Crippen molar-refractivity contribution in [1.29, 1.82) is 0 Å². The second-order valence-corrected chi connectivity index (χ2v) is 5.63. The lowest BCUT2D eigenvalue weighted by atomic mass is 9.96. The van der Waals surface area contributed by atoms with Crippen LogP contribution in [0.2, 0.25) is 0 Å². The number of rotatable bonds is 7. The molecule has 1 fully saturated rings. The number of hydrogen-bond donors (Lipinski definition) is 2. The van der Waals surface area contributed by atoms with Gasteiger partial charge in [0.05, 0.1) is 7.11 Å². The molecule has 0 radical (unpaired) electrons. The van der Waals surface area contributed by atoms with Crippen molar-refractivity contribution in [3.05, 3.63) is 0 Å². The maximum absolute atomic E-state index is 12.0. The second kappa shape index (κ2) is 9.37. The zero-order chi connectivity index (χ0) is 15.7. The molecular weight excluding hydrogens is 274 g/mol. The first-order valence-corrected chi connectivity index (χ1v) is 7.62. The number of aliphatic carboxylic acids is 1. The lowest BCUT2D eigenvalue weighted by molar-refractivity contribution is -0.144. The average Bonchev–Trinajstić information content (AvgIpc) is 2.71. The monoisotopic (exact) mass is 299 g/mol. The summed E-state index contributed by atoms with van der Waals surface area (Å²) in [7, 11) is 1.25. The number of hydrogen-bond acceptors (Lipinski definition) is 4. The van der Waals surface area contributed by atoms with E-state index < -0.39 is 18.0 Å². The van der Waals surface area contributed by atoms with Crippen molar-refractivity contribution in [2.75, 3.05) is 7.11 Å². The molecule has 1 aliphatic carbocycles. The molecule has 1 aliphatic rings. The molecule has 0 spiro atoms. The van der Waals surface area contributed by atoms with E-state index in [9.17, 15) is 14.4 Å². The van der Waals surface area contributed by atoms with Crippen molar-refractivity contribution >= 4 is 17.8 Å². The Morgan fingerprint density at radius 1 is 1.19 bits per heavy atom. The van der Waals surface area contributed by atoms with Crippen LogP contribution in [0.3, 0.4) is 0 Å². The molecule has 0 bridgehead atoms. The molecule has 21 heavy (non-hydrogen) atoms. The number of carbonyl (C=O) groups is 3. The number of carbonyl (C=O) groups excluding carboxylic acids is 2. The molecular formula is C15H25NO5. The molecule has 1 atom stereocenters. The van der Waals surface area contributed by atoms with Crippen LogP contribution in [0.4, 0.5) is 0 Å². The van der Waals surface area contributed by atoms with Crippen LogP contribution in [-0.4, -0.2) is 36.1 Å². The van der Waals surface area contributed by atoms with Crippen molar-refractivity contribution in [1.82, 2.24) is 5.32 Å². The molecule has 120 valence electrons. The van der Waals surface area contributed by atoms with E-state index in [0.29, 0.717) is 12.3 Å². The number of methoxy groups -OCH3 is 1. The van der Waals surface area contributed by atoms with Gasteiger partial charge in [-0.1, -0.05) is 25.7 Å². The van der Waals surface area contributed by atoms with E-state index in [1.807, 2.05) is 0 Å². The SMILES string of the molecule is COC(=O)CC[C@H](NC(=O)CC1CCCCCC1)C(=O)O. The van der Waals surface area contributed by atoms with Crippen molar-refractivity contribution in [3.63, 3.8) is 0 Å². The molecule has 0 aliphatic heterocycles. The highest BCUT2D eigenvalue weighted by molar-refractivity contribution is 5.84. The summed E-state index contributed by atoms with van der Waals surface area (Å²) in [5.74, 6) is -1.48. The Morgan fingerprint density at radius 2 is 1.81 bits per heavy atom. The first-order valence-electron chi connectivity index (χ1n) is 7.62. The van der Waals surface area contributed by atoms with E-state index >= 15 is 0 Å². The maximum Gasteiger partial charge on any atom is 0.326 e. The Labute approximate surface area is 125 Å². The van der Waals surface area contributed by atoms with Gasteiger partial charge in [0.1, 0.15) is 6.04 Å². The Kier molecular flexibility index (Phi) is 7.79. The highest BCUT2D eigenvalue weighted by Gasteiger charge is 2.23. The molecule has 0 saturated heterocycles. The number of nitrogens with one attached hydrogen (secondary N) is 1. The summed E-state index contributed by atoms with van der Waals surface area (Å²) in [6.07, 6.45) is 7.20. The fourth-order valence-electron chi connectivity index (χ4n) is 2.71. The minimum Gasteiger partial charge on any atom is -0.480 e. The molecule has 1 amide bonds. The molecule has 0 unspecified atom stereocenters. The summed E-state index contributed by atoms with van der Waals surface area (Å²) in [6.45, 7) is 0. The first kappa shape index (κ1) is 17.5. The molecule has 6 heteroatoms. The summed E-state index contributed by atoms with van der Waals surface area (Å²) >= 11 is 0. The zero-order valence-corrected chi connectivity index (χ0v) is 12.6. The smallest absolute Gasteiger partial charge is 0.326 e. The van der Waals surface area contributed by atoms with Gasteiger partial charge >= 0.3 is 11.9 Å². The van der Waals surface area contributed by atoms with E-state index in [-0.39, 0.29) is 18.7 Å². The fourth-order valence-corrected chi connectivity index (χ4v) is 2.71. The molecule has 1 saturated carbocycles. The lowest BCUT2D eigenvalue weighted by Gasteiger charge is -2.17. The topological polar surface area (TPSA) is 92.7 Å². The molecule has 0 heterocycles. The third kappa shape index (κ3) is 7.11. The van der Waals surface area contributed by atoms with E-state index in [1.54, 1.807) is 0 Å². The third-order valence-electron chi connectivity index (χ3n) is 3.95. The average molecular weight is 299 g/mol. The Morgan fingerprint density at radius 3 is 2.33 bits per heavy atom.